The minimum atomic E-state index is 0.0750. The summed E-state index contributed by atoms with van der Waals surface area (Å²) < 4.78 is 0. The number of aromatic hydroxyl groups is 1. The van der Waals surface area contributed by atoms with Crippen LogP contribution in [0.1, 0.15) is 5.56 Å². The summed E-state index contributed by atoms with van der Waals surface area (Å²) in [5, 5.41) is 9.69. The Morgan fingerprint density at radius 1 is 1.00 bits per heavy atom. The maximum Gasteiger partial charge on any atom is 0.142 e. The van der Waals surface area contributed by atoms with Crippen LogP contribution in [0.2, 0.25) is 5.02 Å². The number of aldehydes is 1. The van der Waals surface area contributed by atoms with Crippen molar-refractivity contribution >= 4 is 24.0 Å². The summed E-state index contributed by atoms with van der Waals surface area (Å²) in [7, 11) is 0. The maximum atomic E-state index is 10.2. The zero-order chi connectivity index (χ0) is 13.0. The largest absolute Gasteiger partial charge is 0.506 e. The van der Waals surface area contributed by atoms with Crippen LogP contribution in [0.5, 0.6) is 5.75 Å². The molecule has 2 aromatic carbocycles. The van der Waals surface area contributed by atoms with E-state index in [4.69, 9.17) is 11.6 Å². The first-order valence-corrected chi connectivity index (χ1v) is 5.79. The third-order valence-electron chi connectivity index (χ3n) is 2.56. The molecule has 0 unspecified atom stereocenters. The van der Waals surface area contributed by atoms with Crippen molar-refractivity contribution in [1.82, 2.24) is 0 Å². The fourth-order valence-electron chi connectivity index (χ4n) is 1.62. The van der Waals surface area contributed by atoms with Crippen LogP contribution in [0.3, 0.4) is 0 Å². The summed E-state index contributed by atoms with van der Waals surface area (Å²) in [5.74, 6) is 0.0750. The van der Waals surface area contributed by atoms with Gasteiger partial charge in [-0.25, -0.2) is 0 Å². The molecule has 0 saturated carbocycles. The number of allylic oxidation sites excluding steroid dienone is 1. The first-order valence-electron chi connectivity index (χ1n) is 5.41. The zero-order valence-electron chi connectivity index (χ0n) is 9.51. The maximum absolute atomic E-state index is 10.2. The van der Waals surface area contributed by atoms with E-state index >= 15 is 0 Å². The fourth-order valence-corrected chi connectivity index (χ4v) is 1.80. The van der Waals surface area contributed by atoms with Crippen molar-refractivity contribution in [1.29, 1.82) is 0 Å². The Bertz CT molecular complexity index is 586. The zero-order valence-corrected chi connectivity index (χ0v) is 10.3. The van der Waals surface area contributed by atoms with Crippen molar-refractivity contribution in [3.63, 3.8) is 0 Å². The van der Waals surface area contributed by atoms with Crippen LogP contribution in [0.15, 0.2) is 48.5 Å². The Hall–Kier alpha value is -2.06. The molecule has 18 heavy (non-hydrogen) atoms. The number of hydrogen-bond donors (Lipinski definition) is 1. The highest BCUT2D eigenvalue weighted by atomic mass is 35.5. The van der Waals surface area contributed by atoms with Crippen molar-refractivity contribution in [3.8, 4) is 16.9 Å². The molecule has 0 spiro atoms. The van der Waals surface area contributed by atoms with Gasteiger partial charge in [0.15, 0.2) is 0 Å². The highest BCUT2D eigenvalue weighted by Gasteiger charge is 2.02. The van der Waals surface area contributed by atoms with Gasteiger partial charge in [0.1, 0.15) is 12.0 Å². The highest BCUT2D eigenvalue weighted by Crippen LogP contribution is 2.29. The molecule has 0 atom stereocenters. The lowest BCUT2D eigenvalue weighted by molar-refractivity contribution is -0.104. The van der Waals surface area contributed by atoms with E-state index in [2.05, 4.69) is 0 Å². The highest BCUT2D eigenvalue weighted by molar-refractivity contribution is 6.32. The van der Waals surface area contributed by atoms with E-state index in [1.807, 2.05) is 24.3 Å². The molecular weight excluding hydrogens is 248 g/mol. The van der Waals surface area contributed by atoms with Gasteiger partial charge in [0, 0.05) is 0 Å². The van der Waals surface area contributed by atoms with Gasteiger partial charge in [0.2, 0.25) is 0 Å². The van der Waals surface area contributed by atoms with Crippen molar-refractivity contribution in [2.24, 2.45) is 0 Å². The summed E-state index contributed by atoms with van der Waals surface area (Å²) in [6.07, 6.45) is 3.93. The standard InChI is InChI=1S/C15H11ClO2/c16-14-10-13(7-8-15(14)18)12-5-3-11(4-6-12)2-1-9-17/h1-10,18H/b2-1+. The second-order valence-corrected chi connectivity index (χ2v) is 4.19. The van der Waals surface area contributed by atoms with E-state index in [0.29, 0.717) is 5.02 Å². The monoisotopic (exact) mass is 258 g/mol. The van der Waals surface area contributed by atoms with E-state index < -0.39 is 0 Å². The van der Waals surface area contributed by atoms with Crippen LogP contribution in [-0.2, 0) is 4.79 Å². The lowest BCUT2D eigenvalue weighted by atomic mass is 10.0. The number of halogens is 1. The molecular formula is C15H11ClO2. The van der Waals surface area contributed by atoms with Crippen LogP contribution in [0.4, 0.5) is 0 Å². The summed E-state index contributed by atoms with van der Waals surface area (Å²) >= 11 is 5.86. The van der Waals surface area contributed by atoms with Gasteiger partial charge in [-0.15, -0.1) is 0 Å². The average Bonchev–Trinajstić information content (AvgIpc) is 2.40. The van der Waals surface area contributed by atoms with Crippen molar-refractivity contribution < 1.29 is 9.90 Å². The predicted molar refractivity (Wildman–Crippen MR) is 73.7 cm³/mol. The normalized spacial score (nSPS) is 10.7. The van der Waals surface area contributed by atoms with Crippen molar-refractivity contribution in [2.75, 3.05) is 0 Å². The number of carbonyl (C=O) groups is 1. The fraction of sp³-hybridized carbons (Fsp3) is 0. The molecule has 90 valence electrons. The van der Waals surface area contributed by atoms with Crippen LogP contribution in [-0.4, -0.2) is 11.4 Å². The molecule has 0 aliphatic heterocycles. The smallest absolute Gasteiger partial charge is 0.142 e. The van der Waals surface area contributed by atoms with Gasteiger partial charge in [-0.2, -0.15) is 0 Å². The molecule has 0 heterocycles. The molecule has 0 saturated heterocycles. The molecule has 0 aromatic heterocycles. The Kier molecular flexibility index (Phi) is 3.80. The Balaban J connectivity index is 2.31. The van der Waals surface area contributed by atoms with E-state index in [0.717, 1.165) is 23.0 Å². The van der Waals surface area contributed by atoms with Gasteiger partial charge in [-0.1, -0.05) is 48.0 Å². The van der Waals surface area contributed by atoms with Crippen LogP contribution >= 0.6 is 11.6 Å². The second kappa shape index (κ2) is 5.52. The number of phenolic OH excluding ortho intramolecular Hbond substituents is 1. The van der Waals surface area contributed by atoms with E-state index in [9.17, 15) is 9.90 Å². The van der Waals surface area contributed by atoms with Crippen LogP contribution < -0.4 is 0 Å². The molecule has 0 aliphatic carbocycles. The molecule has 3 heteroatoms. The van der Waals surface area contributed by atoms with Gasteiger partial charge < -0.3 is 5.11 Å². The molecule has 2 aromatic rings. The molecule has 2 rings (SSSR count). The first kappa shape index (κ1) is 12.4. The lowest BCUT2D eigenvalue weighted by Gasteiger charge is -2.04. The quantitative estimate of drug-likeness (QED) is 0.669. The summed E-state index contributed by atoms with van der Waals surface area (Å²) in [4.78, 5) is 10.2. The van der Waals surface area contributed by atoms with E-state index in [1.165, 1.54) is 6.08 Å². The predicted octanol–water partition coefficient (Wildman–Crippen LogP) is 3.92. The van der Waals surface area contributed by atoms with E-state index in [-0.39, 0.29) is 5.75 Å². The summed E-state index contributed by atoms with van der Waals surface area (Å²) in [5.41, 5.74) is 2.89. The van der Waals surface area contributed by atoms with Gasteiger partial charge >= 0.3 is 0 Å². The Labute approximate surface area is 110 Å². The third-order valence-corrected chi connectivity index (χ3v) is 2.86. The van der Waals surface area contributed by atoms with Gasteiger partial charge in [0.25, 0.3) is 0 Å². The second-order valence-electron chi connectivity index (χ2n) is 3.78. The van der Waals surface area contributed by atoms with Crippen molar-refractivity contribution in [2.45, 2.75) is 0 Å². The minimum absolute atomic E-state index is 0.0750. The number of rotatable bonds is 3. The topological polar surface area (TPSA) is 37.3 Å². The van der Waals surface area contributed by atoms with Crippen LogP contribution in [0.25, 0.3) is 17.2 Å². The number of hydrogen-bond acceptors (Lipinski definition) is 2. The van der Waals surface area contributed by atoms with Crippen molar-refractivity contribution in [3.05, 3.63) is 59.1 Å². The van der Waals surface area contributed by atoms with E-state index in [1.54, 1.807) is 24.3 Å². The molecule has 1 N–H and O–H groups in total. The molecule has 0 aliphatic rings. The van der Waals surface area contributed by atoms with Gasteiger partial charge in [-0.05, 0) is 34.9 Å². The molecule has 0 fully saturated rings. The van der Waals surface area contributed by atoms with Crippen LogP contribution in [0, 0.1) is 0 Å². The first-order chi connectivity index (χ1) is 8.70. The lowest BCUT2D eigenvalue weighted by Crippen LogP contribution is -1.79. The average molecular weight is 259 g/mol. The summed E-state index contributed by atoms with van der Waals surface area (Å²) in [6, 6.07) is 12.8. The molecule has 0 radical (unpaired) electrons. The Morgan fingerprint density at radius 2 is 1.67 bits per heavy atom. The SMILES string of the molecule is O=C/C=C/c1ccc(-c2ccc(O)c(Cl)c2)cc1. The third kappa shape index (κ3) is 2.79. The molecule has 0 amide bonds. The minimum Gasteiger partial charge on any atom is -0.506 e. The molecule has 2 nitrogen and oxygen atoms in total. The number of benzene rings is 2. The van der Waals surface area contributed by atoms with Gasteiger partial charge in [0.05, 0.1) is 5.02 Å². The summed E-state index contributed by atoms with van der Waals surface area (Å²) in [6.45, 7) is 0. The Morgan fingerprint density at radius 3 is 2.28 bits per heavy atom. The number of phenols is 1. The molecule has 0 bridgehead atoms. The van der Waals surface area contributed by atoms with Gasteiger partial charge in [-0.3, -0.25) is 4.79 Å². The number of carbonyl (C=O) groups excluding carboxylic acids is 1.